The van der Waals surface area contributed by atoms with E-state index in [4.69, 9.17) is 4.74 Å². The molecular weight excluding hydrogens is 384 g/mol. The minimum Gasteiger partial charge on any atom is -0.492 e. The van der Waals surface area contributed by atoms with Gasteiger partial charge in [0.2, 0.25) is 0 Å². The van der Waals surface area contributed by atoms with Gasteiger partial charge in [-0.1, -0.05) is 31.9 Å². The van der Waals surface area contributed by atoms with Crippen LogP contribution >= 0.6 is 31.9 Å². The molecule has 0 fully saturated rings. The molecule has 0 atom stereocenters. The van der Waals surface area contributed by atoms with Gasteiger partial charge in [-0.3, -0.25) is 4.79 Å². The number of ether oxygens (including phenoxy) is 1. The van der Waals surface area contributed by atoms with Crippen molar-refractivity contribution >= 4 is 37.6 Å². The Labute approximate surface area is 134 Å². The molecule has 2 aromatic rings. The van der Waals surface area contributed by atoms with Gasteiger partial charge >= 0.3 is 0 Å². The number of benzene rings is 2. The maximum absolute atomic E-state index is 12.8. The third kappa shape index (κ3) is 2.42. The largest absolute Gasteiger partial charge is 0.492 e. The molecule has 1 aliphatic rings. The molecule has 0 radical (unpaired) electrons. The smallest absolute Gasteiger partial charge is 0.197 e. The van der Waals surface area contributed by atoms with Crippen molar-refractivity contribution in [2.75, 3.05) is 6.61 Å². The van der Waals surface area contributed by atoms with E-state index in [1.54, 1.807) is 0 Å². The quantitative estimate of drug-likeness (QED) is 0.689. The van der Waals surface area contributed by atoms with Gasteiger partial charge in [0.1, 0.15) is 5.75 Å². The number of halogens is 2. The lowest BCUT2D eigenvalue weighted by molar-refractivity contribution is 0.103. The zero-order valence-corrected chi connectivity index (χ0v) is 14.0. The Kier molecular flexibility index (Phi) is 3.69. The van der Waals surface area contributed by atoms with Crippen LogP contribution in [0.15, 0.2) is 39.3 Å². The van der Waals surface area contributed by atoms with Crippen molar-refractivity contribution in [2.45, 2.75) is 13.3 Å². The third-order valence-electron chi connectivity index (χ3n) is 3.43. The van der Waals surface area contributed by atoms with Crippen molar-refractivity contribution in [3.05, 3.63) is 61.5 Å². The molecule has 1 aliphatic heterocycles. The molecule has 3 rings (SSSR count). The molecule has 0 spiro atoms. The highest BCUT2D eigenvalue weighted by atomic mass is 79.9. The number of carbonyl (C=O) groups excluding carboxylic acids is 1. The number of fused-ring (bicyclic) bond motifs is 1. The Balaban J connectivity index is 2.11. The maximum Gasteiger partial charge on any atom is 0.197 e. The minimum absolute atomic E-state index is 0.00875. The molecule has 0 amide bonds. The molecule has 0 saturated carbocycles. The number of carbonyl (C=O) groups is 1. The van der Waals surface area contributed by atoms with Crippen LogP contribution in [0.1, 0.15) is 27.0 Å². The molecule has 0 N–H and O–H groups in total. The predicted molar refractivity (Wildman–Crippen MR) is 85.7 cm³/mol. The van der Waals surface area contributed by atoms with E-state index in [1.807, 2.05) is 37.3 Å². The second kappa shape index (κ2) is 5.34. The molecule has 0 aliphatic carbocycles. The van der Waals surface area contributed by atoms with E-state index >= 15 is 0 Å². The minimum atomic E-state index is 0.00875. The average Bonchev–Trinajstić information content (AvgIpc) is 2.85. The van der Waals surface area contributed by atoms with E-state index in [9.17, 15) is 4.79 Å². The molecule has 1 heterocycles. The zero-order chi connectivity index (χ0) is 14.3. The lowest BCUT2D eigenvalue weighted by atomic mass is 9.97. The molecule has 0 bridgehead atoms. The van der Waals surface area contributed by atoms with Crippen molar-refractivity contribution in [1.82, 2.24) is 0 Å². The topological polar surface area (TPSA) is 26.3 Å². The van der Waals surface area contributed by atoms with E-state index in [1.165, 1.54) is 0 Å². The molecule has 2 nitrogen and oxygen atoms in total. The standard InChI is InChI=1S/C16H12Br2O2/c1-9-6-11(17)2-3-13(9)15(19)14-8-12(18)7-10-4-5-20-16(10)14/h2-3,6-8H,4-5H2,1H3. The highest BCUT2D eigenvalue weighted by molar-refractivity contribution is 9.10. The van der Waals surface area contributed by atoms with E-state index in [0.29, 0.717) is 17.7 Å². The van der Waals surface area contributed by atoms with Crippen LogP contribution in [0.5, 0.6) is 5.75 Å². The van der Waals surface area contributed by atoms with Gasteiger partial charge in [0.15, 0.2) is 5.78 Å². The second-order valence-corrected chi connectivity index (χ2v) is 6.66. The van der Waals surface area contributed by atoms with Crippen molar-refractivity contribution in [3.63, 3.8) is 0 Å². The summed E-state index contributed by atoms with van der Waals surface area (Å²) in [4.78, 5) is 12.8. The van der Waals surface area contributed by atoms with Crippen LogP contribution < -0.4 is 4.74 Å². The monoisotopic (exact) mass is 394 g/mol. The number of ketones is 1. The fraction of sp³-hybridized carbons (Fsp3) is 0.188. The van der Waals surface area contributed by atoms with Crippen LogP contribution in [-0.2, 0) is 6.42 Å². The first-order chi connectivity index (χ1) is 9.56. The Morgan fingerprint density at radius 3 is 2.65 bits per heavy atom. The molecule has 102 valence electrons. The van der Waals surface area contributed by atoms with Gasteiger partial charge in [0.25, 0.3) is 0 Å². The molecule has 0 saturated heterocycles. The van der Waals surface area contributed by atoms with Crippen molar-refractivity contribution in [2.24, 2.45) is 0 Å². The zero-order valence-electron chi connectivity index (χ0n) is 10.9. The van der Waals surface area contributed by atoms with Crippen LogP contribution in [0.25, 0.3) is 0 Å². The van der Waals surface area contributed by atoms with Gasteiger partial charge in [0, 0.05) is 20.9 Å². The van der Waals surface area contributed by atoms with E-state index in [2.05, 4.69) is 31.9 Å². The summed E-state index contributed by atoms with van der Waals surface area (Å²) in [5.74, 6) is 0.745. The summed E-state index contributed by atoms with van der Waals surface area (Å²) in [6.07, 6.45) is 0.856. The Morgan fingerprint density at radius 1 is 1.10 bits per heavy atom. The fourth-order valence-electron chi connectivity index (χ4n) is 2.46. The third-order valence-corrected chi connectivity index (χ3v) is 4.38. The maximum atomic E-state index is 12.8. The SMILES string of the molecule is Cc1cc(Br)ccc1C(=O)c1cc(Br)cc2c1OCC2. The Bertz CT molecular complexity index is 708. The number of rotatable bonds is 2. The Hall–Kier alpha value is -1.13. The van der Waals surface area contributed by atoms with Crippen molar-refractivity contribution < 1.29 is 9.53 Å². The molecule has 20 heavy (non-hydrogen) atoms. The number of hydrogen-bond acceptors (Lipinski definition) is 2. The van der Waals surface area contributed by atoms with Gasteiger partial charge in [-0.15, -0.1) is 0 Å². The number of aryl methyl sites for hydroxylation is 1. The molecule has 0 aromatic heterocycles. The normalized spacial score (nSPS) is 12.9. The van der Waals surface area contributed by atoms with Crippen LogP contribution in [0, 0.1) is 6.92 Å². The van der Waals surface area contributed by atoms with Gasteiger partial charge in [-0.2, -0.15) is 0 Å². The van der Waals surface area contributed by atoms with Gasteiger partial charge < -0.3 is 4.74 Å². The van der Waals surface area contributed by atoms with Crippen LogP contribution in [0.3, 0.4) is 0 Å². The van der Waals surface area contributed by atoms with Gasteiger partial charge in [-0.25, -0.2) is 0 Å². The lowest BCUT2D eigenvalue weighted by Gasteiger charge is -2.10. The van der Waals surface area contributed by atoms with Gasteiger partial charge in [0.05, 0.1) is 12.2 Å². The lowest BCUT2D eigenvalue weighted by Crippen LogP contribution is -2.06. The number of hydrogen-bond donors (Lipinski definition) is 0. The molecule has 4 heteroatoms. The first kappa shape index (κ1) is 13.8. The summed E-state index contributed by atoms with van der Waals surface area (Å²) >= 11 is 6.89. The van der Waals surface area contributed by atoms with Gasteiger partial charge in [-0.05, 0) is 48.4 Å². The summed E-state index contributed by atoms with van der Waals surface area (Å²) in [6.45, 7) is 2.59. The van der Waals surface area contributed by atoms with Crippen molar-refractivity contribution in [1.29, 1.82) is 0 Å². The van der Waals surface area contributed by atoms with E-state index in [-0.39, 0.29) is 5.78 Å². The summed E-state index contributed by atoms with van der Waals surface area (Å²) in [5.41, 5.74) is 3.40. The highest BCUT2D eigenvalue weighted by Gasteiger charge is 2.23. The summed E-state index contributed by atoms with van der Waals surface area (Å²) < 4.78 is 7.53. The fourth-order valence-corrected chi connectivity index (χ4v) is 3.45. The first-order valence-corrected chi connectivity index (χ1v) is 7.91. The average molecular weight is 396 g/mol. The van der Waals surface area contributed by atoms with Crippen LogP contribution in [0.4, 0.5) is 0 Å². The second-order valence-electron chi connectivity index (χ2n) is 4.83. The first-order valence-electron chi connectivity index (χ1n) is 6.32. The highest BCUT2D eigenvalue weighted by Crippen LogP contribution is 2.34. The Morgan fingerprint density at radius 2 is 1.90 bits per heavy atom. The van der Waals surface area contributed by atoms with E-state index in [0.717, 1.165) is 32.2 Å². The molecular formula is C16H12Br2O2. The summed E-state index contributed by atoms with van der Waals surface area (Å²) in [6, 6.07) is 9.55. The summed E-state index contributed by atoms with van der Waals surface area (Å²) in [5, 5.41) is 0. The van der Waals surface area contributed by atoms with E-state index < -0.39 is 0 Å². The van der Waals surface area contributed by atoms with Crippen molar-refractivity contribution in [3.8, 4) is 5.75 Å². The predicted octanol–water partition coefficient (Wildman–Crippen LogP) is 4.69. The molecule has 0 unspecified atom stereocenters. The van der Waals surface area contributed by atoms with Crippen LogP contribution in [-0.4, -0.2) is 12.4 Å². The molecule has 2 aromatic carbocycles. The summed E-state index contributed by atoms with van der Waals surface area (Å²) in [7, 11) is 0. The van der Waals surface area contributed by atoms with Crippen LogP contribution in [0.2, 0.25) is 0 Å².